The maximum Gasteiger partial charge on any atom is 0.143 e. The van der Waals surface area contributed by atoms with Crippen molar-refractivity contribution in [2.75, 3.05) is 0 Å². The normalized spacial score (nSPS) is 13.5. The first kappa shape index (κ1) is 63.1. The van der Waals surface area contributed by atoms with Crippen molar-refractivity contribution in [2.45, 2.75) is 38.5 Å². The molecule has 0 N–H and O–H groups in total. The van der Waals surface area contributed by atoms with Gasteiger partial charge in [0.05, 0.1) is 0 Å². The molecule has 0 saturated heterocycles. The van der Waals surface area contributed by atoms with E-state index in [0.717, 1.165) is 60.7 Å². The Hall–Kier alpha value is -13.9. The zero-order chi connectivity index (χ0) is 74.0. The third-order valence-corrected chi connectivity index (χ3v) is 25.7. The van der Waals surface area contributed by atoms with Gasteiger partial charge in [-0.2, -0.15) is 0 Å². The maximum absolute atomic E-state index is 7.34. The van der Waals surface area contributed by atoms with Crippen molar-refractivity contribution in [1.82, 2.24) is 0 Å². The molecule has 0 aliphatic heterocycles. The fourth-order valence-electron chi connectivity index (χ4n) is 20.6. The molecule has 0 fully saturated rings. The lowest BCUT2D eigenvalue weighted by Crippen LogP contribution is -2.15. The molecule has 0 amide bonds. The van der Waals surface area contributed by atoms with Gasteiger partial charge in [-0.05, 0) is 270 Å². The molecular weight excluding hydrogens is 1350 g/mol. The van der Waals surface area contributed by atoms with Crippen LogP contribution >= 0.6 is 0 Å². The molecule has 2 aliphatic rings. The first-order valence-corrected chi connectivity index (χ1v) is 39.2. The summed E-state index contributed by atoms with van der Waals surface area (Å²) in [5.41, 5.74) is 30.0. The molecular formula is C110H70O2. The third kappa shape index (κ3) is 9.03. The molecule has 22 aromatic rings. The van der Waals surface area contributed by atoms with Crippen molar-refractivity contribution in [2.24, 2.45) is 0 Å². The SMILES string of the molecule is CC1(C)c2ccc3c(oc4cc(-c5c6ccccc6c(-c6ccc7cc(-c8ccccc8)ccc7c6)c6cc(-c7ccc8c(-c9ccc%10c(c9)oc9ccc%11c(c9%10)-c9ccc%10ccccc%10c9C%11(C)C)c9ccccc9c(-c9ccc%10cc(-c%11ccccc%11)ccc%10c9)c8c7)ccc56)ccc43)c2-c2ccc3ccccc3c21. The molecule has 0 saturated carbocycles. The van der Waals surface area contributed by atoms with Crippen molar-refractivity contribution in [3.05, 3.63) is 374 Å². The van der Waals surface area contributed by atoms with Crippen molar-refractivity contribution in [1.29, 1.82) is 0 Å². The number of benzene rings is 20. The number of hydrogen-bond donors (Lipinski definition) is 0. The van der Waals surface area contributed by atoms with E-state index >= 15 is 0 Å². The molecule has 2 aromatic heterocycles. The molecule has 2 nitrogen and oxygen atoms in total. The molecule has 522 valence electrons. The molecule has 20 aromatic carbocycles. The fraction of sp³-hybridized carbons (Fsp3) is 0.0545. The summed E-state index contributed by atoms with van der Waals surface area (Å²) in [5.74, 6) is 0. The van der Waals surface area contributed by atoms with E-state index in [9.17, 15) is 0 Å². The monoisotopic (exact) mass is 1420 g/mol. The van der Waals surface area contributed by atoms with E-state index in [1.54, 1.807) is 0 Å². The van der Waals surface area contributed by atoms with Gasteiger partial charge < -0.3 is 8.83 Å². The van der Waals surface area contributed by atoms with Crippen LogP contribution in [0.25, 0.3) is 230 Å². The Morgan fingerprint density at radius 3 is 1.04 bits per heavy atom. The van der Waals surface area contributed by atoms with Crippen molar-refractivity contribution < 1.29 is 8.83 Å². The second-order valence-corrected chi connectivity index (χ2v) is 32.4. The second-order valence-electron chi connectivity index (χ2n) is 32.4. The molecule has 2 aliphatic carbocycles. The van der Waals surface area contributed by atoms with Crippen LogP contribution in [0, 0.1) is 0 Å². The summed E-state index contributed by atoms with van der Waals surface area (Å²) in [7, 11) is 0. The second kappa shape index (κ2) is 23.3. The highest BCUT2D eigenvalue weighted by Crippen LogP contribution is 2.58. The number of rotatable bonds is 7. The topological polar surface area (TPSA) is 26.3 Å². The first-order valence-electron chi connectivity index (χ1n) is 39.2. The van der Waals surface area contributed by atoms with E-state index in [4.69, 9.17) is 8.83 Å². The lowest BCUT2D eigenvalue weighted by molar-refractivity contribution is 0.656. The number of fused-ring (bicyclic) bond motifs is 24. The van der Waals surface area contributed by atoms with E-state index in [1.807, 2.05) is 0 Å². The average molecular weight is 1420 g/mol. The smallest absolute Gasteiger partial charge is 0.143 e. The minimum atomic E-state index is -0.215. The van der Waals surface area contributed by atoms with Crippen LogP contribution in [-0.2, 0) is 10.8 Å². The third-order valence-electron chi connectivity index (χ3n) is 25.7. The van der Waals surface area contributed by atoms with Gasteiger partial charge in [0.25, 0.3) is 0 Å². The fourth-order valence-corrected chi connectivity index (χ4v) is 20.6. The van der Waals surface area contributed by atoms with Crippen LogP contribution in [0.15, 0.2) is 361 Å². The van der Waals surface area contributed by atoms with Gasteiger partial charge >= 0.3 is 0 Å². The van der Waals surface area contributed by atoms with Crippen LogP contribution < -0.4 is 0 Å². The van der Waals surface area contributed by atoms with Crippen molar-refractivity contribution >= 4 is 130 Å². The number of furan rings is 2. The summed E-state index contributed by atoms with van der Waals surface area (Å²) in [5, 5.41) is 23.9. The van der Waals surface area contributed by atoms with Crippen molar-refractivity contribution in [3.63, 3.8) is 0 Å². The number of hydrogen-bond acceptors (Lipinski definition) is 2. The van der Waals surface area contributed by atoms with Crippen LogP contribution in [0.3, 0.4) is 0 Å². The van der Waals surface area contributed by atoms with Crippen LogP contribution in [0.2, 0.25) is 0 Å². The first-order chi connectivity index (χ1) is 55.0. The van der Waals surface area contributed by atoms with E-state index in [1.165, 1.54) is 192 Å². The van der Waals surface area contributed by atoms with Gasteiger partial charge in [0, 0.05) is 37.9 Å². The van der Waals surface area contributed by atoms with E-state index in [-0.39, 0.29) is 10.8 Å². The Labute approximate surface area is 647 Å². The highest BCUT2D eigenvalue weighted by molar-refractivity contribution is 6.26. The van der Waals surface area contributed by atoms with Crippen LogP contribution in [0.1, 0.15) is 49.9 Å². The summed E-state index contributed by atoms with van der Waals surface area (Å²) in [4.78, 5) is 0. The molecule has 0 spiro atoms. The predicted octanol–water partition coefficient (Wildman–Crippen LogP) is 31.0. The molecule has 0 radical (unpaired) electrons. The highest BCUT2D eigenvalue weighted by Gasteiger charge is 2.41. The zero-order valence-electron chi connectivity index (χ0n) is 62.3. The average Bonchev–Trinajstić information content (AvgIpc) is 1.51. The lowest BCUT2D eigenvalue weighted by Gasteiger charge is -2.23. The quantitative estimate of drug-likeness (QED) is 0.149. The molecule has 112 heavy (non-hydrogen) atoms. The predicted molar refractivity (Wildman–Crippen MR) is 474 cm³/mol. The van der Waals surface area contributed by atoms with E-state index in [0.29, 0.717) is 0 Å². The minimum absolute atomic E-state index is 0.201. The van der Waals surface area contributed by atoms with Gasteiger partial charge in [-0.15, -0.1) is 0 Å². The Balaban J connectivity index is 0.726. The van der Waals surface area contributed by atoms with Crippen molar-refractivity contribution in [3.8, 4) is 100 Å². The molecule has 0 bridgehead atoms. The summed E-state index contributed by atoms with van der Waals surface area (Å²) in [6.45, 7) is 9.52. The Bertz CT molecular complexity index is 7660. The summed E-state index contributed by atoms with van der Waals surface area (Å²) >= 11 is 0. The van der Waals surface area contributed by atoms with Gasteiger partial charge in [0.15, 0.2) is 0 Å². The van der Waals surface area contributed by atoms with Crippen LogP contribution in [-0.4, -0.2) is 0 Å². The Morgan fingerprint density at radius 2 is 0.527 bits per heavy atom. The van der Waals surface area contributed by atoms with E-state index in [2.05, 4.69) is 380 Å². The molecule has 0 unspecified atom stereocenters. The Morgan fingerprint density at radius 1 is 0.188 bits per heavy atom. The molecule has 24 rings (SSSR count). The standard InChI is InChI=1S/C110H70O2/c1-109(2)94-53-54-96-105(103(94)90-49-39-65-23-11-13-25-79(65)106(90)109)89-48-44-78(62-98(89)111-96)100-83-28-16-18-30-85(83)102(76-38-36-70-56-68(32-34-72(70)58-76)64-21-9-6-10-22-64)93-60-74(42-47-87(93)100)73-41-46-86-92(59-73)101(75-37-35-69-55-67(31-33-71(69)57-75)63-19-7-5-8-20-63)84-29-17-15-27-82(84)99(86)77-43-45-81-88-51-52-95-104(108(88)112-97(81)61-77)91-50-40-66-24-12-14-26-80(66)107(91)110(95,3)4/h5-62H,1-4H3. The Kier molecular flexibility index (Phi) is 13.1. The van der Waals surface area contributed by atoms with Gasteiger partial charge in [-0.1, -0.05) is 313 Å². The molecule has 0 atom stereocenters. The van der Waals surface area contributed by atoms with Gasteiger partial charge in [-0.25, -0.2) is 0 Å². The maximum atomic E-state index is 7.34. The molecule has 2 heterocycles. The molecule has 2 heteroatoms. The van der Waals surface area contributed by atoms with Crippen LogP contribution in [0.5, 0.6) is 0 Å². The largest absolute Gasteiger partial charge is 0.456 e. The minimum Gasteiger partial charge on any atom is -0.456 e. The zero-order valence-corrected chi connectivity index (χ0v) is 62.3. The van der Waals surface area contributed by atoms with E-state index < -0.39 is 0 Å². The van der Waals surface area contributed by atoms with Crippen LogP contribution in [0.4, 0.5) is 0 Å². The van der Waals surface area contributed by atoms with Gasteiger partial charge in [0.1, 0.15) is 22.3 Å². The lowest BCUT2D eigenvalue weighted by atomic mass is 9.80. The highest BCUT2D eigenvalue weighted by atomic mass is 16.3. The summed E-state index contributed by atoms with van der Waals surface area (Å²) < 4.78 is 14.5. The summed E-state index contributed by atoms with van der Waals surface area (Å²) in [6, 6.07) is 132. The van der Waals surface area contributed by atoms with Gasteiger partial charge in [0.2, 0.25) is 0 Å². The van der Waals surface area contributed by atoms with Gasteiger partial charge in [-0.3, -0.25) is 0 Å². The summed E-state index contributed by atoms with van der Waals surface area (Å²) in [6.07, 6.45) is 0.